The molecular formula is C14H16FN3S. The molecule has 1 aromatic carbocycles. The van der Waals surface area contributed by atoms with Crippen molar-refractivity contribution < 1.29 is 4.39 Å². The van der Waals surface area contributed by atoms with E-state index in [1.807, 2.05) is 33.0 Å². The first-order chi connectivity index (χ1) is 9.10. The summed E-state index contributed by atoms with van der Waals surface area (Å²) in [5, 5.41) is 3.75. The standard InChI is InChI=1S/C14H16FN3S/c1-9(2)14-17-12(16-3)8-13(18-14)19-11-7-5-4-6-10(11)15/h4-9H,1-3H3,(H,16,17,18). The van der Waals surface area contributed by atoms with Crippen LogP contribution in [0.2, 0.25) is 0 Å². The molecule has 5 heteroatoms. The molecule has 0 bridgehead atoms. The number of benzene rings is 1. The monoisotopic (exact) mass is 277 g/mol. The zero-order valence-corrected chi connectivity index (χ0v) is 12.0. The van der Waals surface area contributed by atoms with Crippen molar-refractivity contribution in [2.45, 2.75) is 29.7 Å². The average Bonchev–Trinajstić information content (AvgIpc) is 2.41. The average molecular weight is 277 g/mol. The van der Waals surface area contributed by atoms with Crippen molar-refractivity contribution in [3.8, 4) is 0 Å². The molecule has 0 amide bonds. The summed E-state index contributed by atoms with van der Waals surface area (Å²) < 4.78 is 13.6. The number of nitrogens with one attached hydrogen (secondary N) is 1. The van der Waals surface area contributed by atoms with Crippen LogP contribution < -0.4 is 5.32 Å². The molecule has 0 aliphatic rings. The van der Waals surface area contributed by atoms with Crippen molar-refractivity contribution in [1.82, 2.24) is 9.97 Å². The van der Waals surface area contributed by atoms with Crippen LogP contribution in [0.25, 0.3) is 0 Å². The summed E-state index contributed by atoms with van der Waals surface area (Å²) in [6, 6.07) is 8.51. The minimum Gasteiger partial charge on any atom is -0.373 e. The van der Waals surface area contributed by atoms with Gasteiger partial charge >= 0.3 is 0 Å². The Bertz CT molecular complexity index is 572. The van der Waals surface area contributed by atoms with Gasteiger partial charge in [-0.3, -0.25) is 0 Å². The molecule has 0 aliphatic carbocycles. The summed E-state index contributed by atoms with van der Waals surface area (Å²) in [6.07, 6.45) is 0. The first-order valence-corrected chi connectivity index (χ1v) is 6.91. The topological polar surface area (TPSA) is 37.8 Å². The molecule has 19 heavy (non-hydrogen) atoms. The molecule has 0 spiro atoms. The van der Waals surface area contributed by atoms with Crippen LogP contribution in [-0.4, -0.2) is 17.0 Å². The minimum atomic E-state index is -0.233. The summed E-state index contributed by atoms with van der Waals surface area (Å²) in [6.45, 7) is 4.07. The number of aromatic nitrogens is 2. The van der Waals surface area contributed by atoms with Gasteiger partial charge in [0.25, 0.3) is 0 Å². The van der Waals surface area contributed by atoms with Crippen LogP contribution in [0.15, 0.2) is 40.3 Å². The van der Waals surface area contributed by atoms with Crippen LogP contribution in [0, 0.1) is 5.82 Å². The van der Waals surface area contributed by atoms with Gasteiger partial charge < -0.3 is 5.32 Å². The third-order valence-electron chi connectivity index (χ3n) is 2.54. The summed E-state index contributed by atoms with van der Waals surface area (Å²) in [5.74, 6) is 1.50. The molecule has 3 nitrogen and oxygen atoms in total. The summed E-state index contributed by atoms with van der Waals surface area (Å²) in [7, 11) is 1.81. The van der Waals surface area contributed by atoms with E-state index in [9.17, 15) is 4.39 Å². The molecule has 0 fully saturated rings. The van der Waals surface area contributed by atoms with Gasteiger partial charge in [0.2, 0.25) is 0 Å². The van der Waals surface area contributed by atoms with E-state index in [-0.39, 0.29) is 11.7 Å². The molecule has 0 saturated heterocycles. The van der Waals surface area contributed by atoms with E-state index in [1.54, 1.807) is 12.1 Å². The highest BCUT2D eigenvalue weighted by atomic mass is 32.2. The lowest BCUT2D eigenvalue weighted by molar-refractivity contribution is 0.602. The second kappa shape index (κ2) is 6.02. The van der Waals surface area contributed by atoms with Crippen LogP contribution in [0.4, 0.5) is 10.2 Å². The Morgan fingerprint density at radius 2 is 1.95 bits per heavy atom. The molecule has 0 aliphatic heterocycles. The number of rotatable bonds is 4. The predicted octanol–water partition coefficient (Wildman–Crippen LogP) is 3.93. The van der Waals surface area contributed by atoms with Crippen molar-refractivity contribution in [2.75, 3.05) is 12.4 Å². The maximum atomic E-state index is 13.6. The molecule has 1 heterocycles. The lowest BCUT2D eigenvalue weighted by atomic mass is 10.2. The van der Waals surface area contributed by atoms with Crippen LogP contribution >= 0.6 is 11.8 Å². The second-order valence-electron chi connectivity index (χ2n) is 4.39. The van der Waals surface area contributed by atoms with Crippen molar-refractivity contribution in [3.63, 3.8) is 0 Å². The number of nitrogens with zero attached hydrogens (tertiary/aromatic N) is 2. The van der Waals surface area contributed by atoms with Gasteiger partial charge in [-0.2, -0.15) is 0 Å². The van der Waals surface area contributed by atoms with Gasteiger partial charge in [0.1, 0.15) is 22.5 Å². The SMILES string of the molecule is CNc1cc(Sc2ccccc2F)nc(C(C)C)n1. The largest absolute Gasteiger partial charge is 0.373 e. The smallest absolute Gasteiger partial charge is 0.137 e. The quantitative estimate of drug-likeness (QED) is 0.859. The maximum Gasteiger partial charge on any atom is 0.137 e. The van der Waals surface area contributed by atoms with Gasteiger partial charge in [0.05, 0.1) is 0 Å². The fourth-order valence-corrected chi connectivity index (χ4v) is 2.37. The molecular weight excluding hydrogens is 261 g/mol. The molecule has 0 atom stereocenters. The third-order valence-corrected chi connectivity index (χ3v) is 3.51. The Balaban J connectivity index is 2.34. The van der Waals surface area contributed by atoms with Crippen LogP contribution in [0.1, 0.15) is 25.6 Å². The highest BCUT2D eigenvalue weighted by molar-refractivity contribution is 7.99. The summed E-state index contributed by atoms with van der Waals surface area (Å²) >= 11 is 1.31. The van der Waals surface area contributed by atoms with E-state index in [2.05, 4.69) is 15.3 Å². The second-order valence-corrected chi connectivity index (χ2v) is 5.45. The van der Waals surface area contributed by atoms with Gasteiger partial charge in [-0.05, 0) is 12.1 Å². The number of hydrogen-bond acceptors (Lipinski definition) is 4. The minimum absolute atomic E-state index is 0.230. The van der Waals surface area contributed by atoms with Gasteiger partial charge in [0, 0.05) is 23.9 Å². The molecule has 2 aromatic rings. The molecule has 1 aromatic heterocycles. The number of halogens is 1. The molecule has 0 unspecified atom stereocenters. The Morgan fingerprint density at radius 1 is 1.21 bits per heavy atom. The lowest BCUT2D eigenvalue weighted by Crippen LogP contribution is -2.02. The first-order valence-electron chi connectivity index (χ1n) is 6.09. The van der Waals surface area contributed by atoms with E-state index in [4.69, 9.17) is 0 Å². The highest BCUT2D eigenvalue weighted by Crippen LogP contribution is 2.30. The molecule has 1 N–H and O–H groups in total. The Morgan fingerprint density at radius 3 is 2.58 bits per heavy atom. The Kier molecular flexibility index (Phi) is 4.37. The Hall–Kier alpha value is -1.62. The van der Waals surface area contributed by atoms with Gasteiger partial charge in [-0.25, -0.2) is 14.4 Å². The van der Waals surface area contributed by atoms with E-state index in [0.717, 1.165) is 16.7 Å². The predicted molar refractivity (Wildman–Crippen MR) is 76.2 cm³/mol. The maximum absolute atomic E-state index is 13.6. The van der Waals surface area contributed by atoms with E-state index < -0.39 is 0 Å². The zero-order chi connectivity index (χ0) is 13.8. The van der Waals surface area contributed by atoms with Gasteiger partial charge in [-0.15, -0.1) is 0 Å². The van der Waals surface area contributed by atoms with E-state index >= 15 is 0 Å². The Labute approximate surface area is 116 Å². The lowest BCUT2D eigenvalue weighted by Gasteiger charge is -2.09. The first kappa shape index (κ1) is 13.8. The van der Waals surface area contributed by atoms with Crippen LogP contribution in [-0.2, 0) is 0 Å². The van der Waals surface area contributed by atoms with Crippen molar-refractivity contribution >= 4 is 17.6 Å². The molecule has 0 saturated carbocycles. The highest BCUT2D eigenvalue weighted by Gasteiger charge is 2.10. The van der Waals surface area contributed by atoms with Crippen molar-refractivity contribution in [1.29, 1.82) is 0 Å². The summed E-state index contributed by atoms with van der Waals surface area (Å²) in [5.41, 5.74) is 0. The number of anilines is 1. The number of hydrogen-bond donors (Lipinski definition) is 1. The normalized spacial score (nSPS) is 10.8. The molecule has 100 valence electrons. The van der Waals surface area contributed by atoms with Gasteiger partial charge in [0.15, 0.2) is 0 Å². The van der Waals surface area contributed by atoms with Gasteiger partial charge in [-0.1, -0.05) is 37.7 Å². The zero-order valence-electron chi connectivity index (χ0n) is 11.1. The summed E-state index contributed by atoms with van der Waals surface area (Å²) in [4.78, 5) is 9.42. The third kappa shape index (κ3) is 3.44. The fourth-order valence-electron chi connectivity index (χ4n) is 1.52. The molecule has 2 rings (SSSR count). The van der Waals surface area contributed by atoms with E-state index in [0.29, 0.717) is 4.90 Å². The fraction of sp³-hybridized carbons (Fsp3) is 0.286. The molecule has 0 radical (unpaired) electrons. The van der Waals surface area contributed by atoms with Crippen LogP contribution in [0.3, 0.4) is 0 Å². The van der Waals surface area contributed by atoms with Crippen molar-refractivity contribution in [2.24, 2.45) is 0 Å². The van der Waals surface area contributed by atoms with E-state index in [1.165, 1.54) is 17.8 Å². The van der Waals surface area contributed by atoms with Crippen molar-refractivity contribution in [3.05, 3.63) is 42.0 Å². The van der Waals surface area contributed by atoms with Crippen LogP contribution in [0.5, 0.6) is 0 Å².